The fourth-order valence-electron chi connectivity index (χ4n) is 9.36. The molecular formula is C35H49NO5. The first-order valence-electron chi connectivity index (χ1n) is 16.0. The van der Waals surface area contributed by atoms with Crippen LogP contribution in [0.1, 0.15) is 98.8 Å². The van der Waals surface area contributed by atoms with Crippen LogP contribution in [-0.4, -0.2) is 17.2 Å². The first kappa shape index (κ1) is 29.8. The van der Waals surface area contributed by atoms with E-state index in [0.717, 1.165) is 43.4 Å². The number of fused-ring (bicyclic) bond motifs is 5. The summed E-state index contributed by atoms with van der Waals surface area (Å²) in [6, 6.07) is 5.50. The van der Waals surface area contributed by atoms with Crippen LogP contribution in [0.2, 0.25) is 0 Å². The molecule has 6 heteroatoms. The lowest BCUT2D eigenvalue weighted by atomic mass is 9.47. The van der Waals surface area contributed by atoms with Crippen molar-refractivity contribution in [1.29, 1.82) is 0 Å². The number of carbonyl (C=O) groups is 1. The van der Waals surface area contributed by atoms with Crippen molar-refractivity contribution in [3.05, 3.63) is 58.2 Å². The fourth-order valence-corrected chi connectivity index (χ4v) is 9.36. The lowest BCUT2D eigenvalue weighted by molar-refractivity contribution is -0.384. The summed E-state index contributed by atoms with van der Waals surface area (Å²) < 4.78 is 11.1. The molecule has 3 fully saturated rings. The molecular weight excluding hydrogens is 514 g/mol. The lowest BCUT2D eigenvalue weighted by Gasteiger charge is -2.58. The largest absolute Gasteiger partial charge is 0.514 e. The number of nitro groups is 1. The standard InChI is InChI=1S/C35H49NO5/c1-6-24(23(2)3)8-7-9-25-11-17-31-30-16-10-26-22-29(18-20-35(26,5)32(30)19-21-34(25,31)4)41-33(37)40-28-14-12-27(13-15-28)36(38)39/h7-8,10,12-15,23-25,29-32H,6,9,11,16-22H2,1-5H3/b8-7+. The molecule has 8 atom stereocenters. The van der Waals surface area contributed by atoms with Gasteiger partial charge in [0, 0.05) is 18.6 Å². The van der Waals surface area contributed by atoms with E-state index >= 15 is 0 Å². The number of rotatable bonds is 8. The molecule has 6 nitrogen and oxygen atoms in total. The highest BCUT2D eigenvalue weighted by atomic mass is 16.7. The van der Waals surface area contributed by atoms with Gasteiger partial charge in [-0.1, -0.05) is 58.4 Å². The Morgan fingerprint density at radius 2 is 1.85 bits per heavy atom. The van der Waals surface area contributed by atoms with Gasteiger partial charge in [0.25, 0.3) is 5.69 Å². The van der Waals surface area contributed by atoms with Crippen LogP contribution in [0.4, 0.5) is 10.5 Å². The molecule has 0 heterocycles. The topological polar surface area (TPSA) is 78.7 Å². The second kappa shape index (κ2) is 11.9. The molecule has 5 rings (SSSR count). The van der Waals surface area contributed by atoms with E-state index in [1.54, 1.807) is 0 Å². The third-order valence-corrected chi connectivity index (χ3v) is 11.9. The van der Waals surface area contributed by atoms with Crippen LogP contribution in [0.3, 0.4) is 0 Å². The zero-order valence-corrected chi connectivity index (χ0v) is 25.6. The van der Waals surface area contributed by atoms with Crippen LogP contribution in [-0.2, 0) is 4.74 Å². The number of ether oxygens (including phenoxy) is 2. The van der Waals surface area contributed by atoms with Crippen LogP contribution in [0, 0.1) is 56.5 Å². The summed E-state index contributed by atoms with van der Waals surface area (Å²) in [5, 5.41) is 10.9. The van der Waals surface area contributed by atoms with Gasteiger partial charge >= 0.3 is 6.16 Å². The third-order valence-electron chi connectivity index (χ3n) is 11.9. The minimum absolute atomic E-state index is 0.0421. The van der Waals surface area contributed by atoms with Gasteiger partial charge in [0.15, 0.2) is 0 Å². The monoisotopic (exact) mass is 563 g/mol. The maximum absolute atomic E-state index is 12.5. The third kappa shape index (κ3) is 5.85. The molecule has 1 aromatic rings. The minimum atomic E-state index is -0.736. The van der Waals surface area contributed by atoms with Crippen molar-refractivity contribution in [1.82, 2.24) is 0 Å². The minimum Gasteiger partial charge on any atom is -0.430 e. The van der Waals surface area contributed by atoms with Crippen molar-refractivity contribution < 1.29 is 19.2 Å². The summed E-state index contributed by atoms with van der Waals surface area (Å²) in [4.78, 5) is 22.9. The molecule has 4 aliphatic carbocycles. The lowest BCUT2D eigenvalue weighted by Crippen LogP contribution is -2.50. The SMILES string of the molecule is CCC(/C=C/CC1CCC2C3CC=C4CC(OC(=O)Oc5ccc([N+](=O)[O-])cc5)CCC4(C)C3CCC12C)C(C)C. The van der Waals surface area contributed by atoms with E-state index in [9.17, 15) is 14.9 Å². The zero-order valence-electron chi connectivity index (χ0n) is 25.6. The van der Waals surface area contributed by atoms with Gasteiger partial charge in [-0.15, -0.1) is 0 Å². The van der Waals surface area contributed by atoms with E-state index in [4.69, 9.17) is 9.47 Å². The van der Waals surface area contributed by atoms with Gasteiger partial charge in [-0.2, -0.15) is 0 Å². The predicted molar refractivity (Wildman–Crippen MR) is 162 cm³/mol. The molecule has 0 N–H and O–H groups in total. The Bertz CT molecular complexity index is 1170. The van der Waals surface area contributed by atoms with Gasteiger partial charge in [0.1, 0.15) is 11.9 Å². The van der Waals surface area contributed by atoms with Crippen LogP contribution < -0.4 is 4.74 Å². The second-order valence-electron chi connectivity index (χ2n) is 14.1. The van der Waals surface area contributed by atoms with E-state index in [0.29, 0.717) is 23.2 Å². The first-order valence-corrected chi connectivity index (χ1v) is 16.0. The average molecular weight is 564 g/mol. The Labute approximate surface area is 246 Å². The van der Waals surface area contributed by atoms with E-state index in [1.807, 2.05) is 0 Å². The molecule has 8 unspecified atom stereocenters. The highest BCUT2D eigenvalue weighted by Gasteiger charge is 2.58. The summed E-state index contributed by atoms with van der Waals surface area (Å²) in [6.45, 7) is 12.1. The molecule has 0 radical (unpaired) electrons. The van der Waals surface area contributed by atoms with E-state index in [1.165, 1.54) is 68.4 Å². The van der Waals surface area contributed by atoms with Crippen molar-refractivity contribution in [3.63, 3.8) is 0 Å². The summed E-state index contributed by atoms with van der Waals surface area (Å²) in [7, 11) is 0. The Morgan fingerprint density at radius 1 is 1.10 bits per heavy atom. The Kier molecular flexibility index (Phi) is 8.69. The first-order chi connectivity index (χ1) is 19.5. The summed E-state index contributed by atoms with van der Waals surface area (Å²) >= 11 is 0. The predicted octanol–water partition coefficient (Wildman–Crippen LogP) is 9.69. The van der Waals surface area contributed by atoms with Crippen LogP contribution >= 0.6 is 0 Å². The Hall–Kier alpha value is -2.63. The number of non-ortho nitro benzene ring substituents is 1. The quantitative estimate of drug-likeness (QED) is 0.103. The molecule has 0 saturated heterocycles. The summed E-state index contributed by atoms with van der Waals surface area (Å²) in [5.74, 6) is 4.75. The smallest absolute Gasteiger partial charge is 0.430 e. The normalized spacial score (nSPS) is 35.3. The molecule has 0 aromatic heterocycles. The van der Waals surface area contributed by atoms with Crippen LogP contribution in [0.5, 0.6) is 5.75 Å². The van der Waals surface area contributed by atoms with Gasteiger partial charge in [0.2, 0.25) is 0 Å². The molecule has 0 amide bonds. The van der Waals surface area contributed by atoms with Gasteiger partial charge < -0.3 is 9.47 Å². The van der Waals surface area contributed by atoms with Gasteiger partial charge in [-0.05, 0) is 116 Å². The number of nitro benzene ring substituents is 1. The molecule has 1 aromatic carbocycles. The maximum atomic E-state index is 12.5. The summed E-state index contributed by atoms with van der Waals surface area (Å²) in [5.41, 5.74) is 2.07. The van der Waals surface area contributed by atoms with Crippen molar-refractivity contribution in [2.75, 3.05) is 0 Å². The van der Waals surface area contributed by atoms with Crippen LogP contribution in [0.15, 0.2) is 48.1 Å². The van der Waals surface area contributed by atoms with Crippen molar-refractivity contribution >= 4 is 11.8 Å². The number of benzene rings is 1. The van der Waals surface area contributed by atoms with Crippen molar-refractivity contribution in [3.8, 4) is 5.75 Å². The number of hydrogen-bond donors (Lipinski definition) is 0. The molecule has 41 heavy (non-hydrogen) atoms. The zero-order chi connectivity index (χ0) is 29.4. The van der Waals surface area contributed by atoms with E-state index < -0.39 is 11.1 Å². The maximum Gasteiger partial charge on any atom is 0.514 e. The van der Waals surface area contributed by atoms with Gasteiger partial charge in [-0.3, -0.25) is 10.1 Å². The fraction of sp³-hybridized carbons (Fsp3) is 0.686. The molecule has 4 aliphatic rings. The molecule has 0 bridgehead atoms. The Balaban J connectivity index is 1.20. The Morgan fingerprint density at radius 3 is 2.54 bits per heavy atom. The second-order valence-corrected chi connectivity index (χ2v) is 14.1. The molecule has 224 valence electrons. The van der Waals surface area contributed by atoms with Gasteiger partial charge in [0.05, 0.1) is 4.92 Å². The highest BCUT2D eigenvalue weighted by Crippen LogP contribution is 2.66. The van der Waals surface area contributed by atoms with Gasteiger partial charge in [-0.25, -0.2) is 4.79 Å². The molecule has 3 saturated carbocycles. The average Bonchev–Trinajstić information content (AvgIpc) is 3.27. The number of allylic oxidation sites excluding steroid dienone is 3. The summed E-state index contributed by atoms with van der Waals surface area (Å²) in [6.07, 6.45) is 18.3. The number of nitrogens with zero attached hydrogens (tertiary/aromatic N) is 1. The number of carbonyl (C=O) groups excluding carboxylic acids is 1. The van der Waals surface area contributed by atoms with E-state index in [-0.39, 0.29) is 23.0 Å². The van der Waals surface area contributed by atoms with Crippen molar-refractivity contribution in [2.24, 2.45) is 46.3 Å². The number of hydrogen-bond acceptors (Lipinski definition) is 5. The van der Waals surface area contributed by atoms with Crippen molar-refractivity contribution in [2.45, 2.75) is 105 Å². The molecule has 0 spiro atoms. The van der Waals surface area contributed by atoms with E-state index in [2.05, 4.69) is 52.8 Å². The van der Waals surface area contributed by atoms with Crippen LogP contribution in [0.25, 0.3) is 0 Å². The molecule has 0 aliphatic heterocycles. The highest BCUT2D eigenvalue weighted by molar-refractivity contribution is 5.64.